The lowest BCUT2D eigenvalue weighted by molar-refractivity contribution is 0.0905. The van der Waals surface area contributed by atoms with Crippen LogP contribution < -0.4 is 5.32 Å². The maximum absolute atomic E-state index is 12.1. The summed E-state index contributed by atoms with van der Waals surface area (Å²) in [6.07, 6.45) is 3.35. The van der Waals surface area contributed by atoms with Gasteiger partial charge in [0.2, 0.25) is 0 Å². The van der Waals surface area contributed by atoms with Gasteiger partial charge in [-0.15, -0.1) is 0 Å². The van der Waals surface area contributed by atoms with Crippen LogP contribution >= 0.6 is 0 Å². The molecule has 2 rings (SSSR count). The Morgan fingerprint density at radius 1 is 1.30 bits per heavy atom. The predicted molar refractivity (Wildman–Crippen MR) is 76.3 cm³/mol. The SMILES string of the molecule is COC[C@@H](C)NC(=O)c1cccc(-c2ncccn2)c1. The van der Waals surface area contributed by atoms with Crippen molar-refractivity contribution < 1.29 is 9.53 Å². The van der Waals surface area contributed by atoms with Crippen LogP contribution in [0.4, 0.5) is 0 Å². The topological polar surface area (TPSA) is 64.1 Å². The molecule has 1 aromatic carbocycles. The van der Waals surface area contributed by atoms with Gasteiger partial charge in [0, 0.05) is 36.7 Å². The summed E-state index contributed by atoms with van der Waals surface area (Å²) in [5.74, 6) is 0.472. The van der Waals surface area contributed by atoms with Crippen LogP contribution in [0.5, 0.6) is 0 Å². The molecule has 0 unspecified atom stereocenters. The molecule has 0 fully saturated rings. The van der Waals surface area contributed by atoms with Crippen LogP contribution in [0, 0.1) is 0 Å². The molecular formula is C15H17N3O2. The molecule has 1 atom stereocenters. The Morgan fingerprint density at radius 2 is 2.05 bits per heavy atom. The number of amides is 1. The highest BCUT2D eigenvalue weighted by atomic mass is 16.5. The van der Waals surface area contributed by atoms with E-state index >= 15 is 0 Å². The zero-order valence-corrected chi connectivity index (χ0v) is 11.5. The number of nitrogens with zero attached hydrogens (tertiary/aromatic N) is 2. The molecule has 0 aliphatic carbocycles. The van der Waals surface area contributed by atoms with Gasteiger partial charge < -0.3 is 10.1 Å². The first-order chi connectivity index (χ1) is 9.70. The number of nitrogens with one attached hydrogen (secondary N) is 1. The predicted octanol–water partition coefficient (Wildman–Crippen LogP) is 1.91. The average molecular weight is 271 g/mol. The first-order valence-corrected chi connectivity index (χ1v) is 6.38. The van der Waals surface area contributed by atoms with Crippen molar-refractivity contribution in [2.75, 3.05) is 13.7 Å². The molecule has 5 heteroatoms. The lowest BCUT2D eigenvalue weighted by Gasteiger charge is -2.13. The van der Waals surface area contributed by atoms with E-state index in [-0.39, 0.29) is 11.9 Å². The van der Waals surface area contributed by atoms with Gasteiger partial charge >= 0.3 is 0 Å². The van der Waals surface area contributed by atoms with E-state index in [4.69, 9.17) is 4.74 Å². The van der Waals surface area contributed by atoms with E-state index in [2.05, 4.69) is 15.3 Å². The van der Waals surface area contributed by atoms with Gasteiger partial charge in [-0.3, -0.25) is 4.79 Å². The third kappa shape index (κ3) is 3.61. The molecule has 0 saturated carbocycles. The summed E-state index contributed by atoms with van der Waals surface area (Å²) in [7, 11) is 1.61. The molecule has 20 heavy (non-hydrogen) atoms. The second kappa shape index (κ2) is 6.77. The monoisotopic (exact) mass is 271 g/mol. The summed E-state index contributed by atoms with van der Waals surface area (Å²) in [6.45, 7) is 2.37. The van der Waals surface area contributed by atoms with E-state index in [1.807, 2.05) is 19.1 Å². The van der Waals surface area contributed by atoms with Crippen molar-refractivity contribution >= 4 is 5.91 Å². The molecule has 1 heterocycles. The molecule has 0 aliphatic rings. The quantitative estimate of drug-likeness (QED) is 0.902. The van der Waals surface area contributed by atoms with Gasteiger partial charge in [0.15, 0.2) is 5.82 Å². The number of ether oxygens (including phenoxy) is 1. The van der Waals surface area contributed by atoms with Gasteiger partial charge in [-0.1, -0.05) is 12.1 Å². The fourth-order valence-electron chi connectivity index (χ4n) is 1.85. The summed E-state index contributed by atoms with van der Waals surface area (Å²) in [5, 5.41) is 2.87. The first-order valence-electron chi connectivity index (χ1n) is 6.38. The normalized spacial score (nSPS) is 11.9. The molecule has 0 aliphatic heterocycles. The fourth-order valence-corrected chi connectivity index (χ4v) is 1.85. The van der Waals surface area contributed by atoms with Gasteiger partial charge in [-0.05, 0) is 25.1 Å². The Morgan fingerprint density at radius 3 is 2.75 bits per heavy atom. The molecule has 0 bridgehead atoms. The van der Waals surface area contributed by atoms with Gasteiger partial charge in [-0.2, -0.15) is 0 Å². The van der Waals surface area contributed by atoms with Crippen LogP contribution in [0.1, 0.15) is 17.3 Å². The lowest BCUT2D eigenvalue weighted by Crippen LogP contribution is -2.35. The number of carbonyl (C=O) groups excluding carboxylic acids is 1. The van der Waals surface area contributed by atoms with Crippen molar-refractivity contribution in [1.82, 2.24) is 15.3 Å². The summed E-state index contributed by atoms with van der Waals surface area (Å²) < 4.78 is 5.00. The number of hydrogen-bond acceptors (Lipinski definition) is 4. The molecule has 0 radical (unpaired) electrons. The highest BCUT2D eigenvalue weighted by Crippen LogP contribution is 2.15. The number of carbonyl (C=O) groups is 1. The van der Waals surface area contributed by atoms with Crippen molar-refractivity contribution in [3.63, 3.8) is 0 Å². The third-order valence-corrected chi connectivity index (χ3v) is 2.74. The zero-order chi connectivity index (χ0) is 14.4. The minimum Gasteiger partial charge on any atom is -0.383 e. The molecule has 1 aromatic heterocycles. The number of benzene rings is 1. The van der Waals surface area contributed by atoms with Crippen molar-refractivity contribution in [3.8, 4) is 11.4 Å². The zero-order valence-electron chi connectivity index (χ0n) is 11.5. The van der Waals surface area contributed by atoms with Crippen molar-refractivity contribution in [1.29, 1.82) is 0 Å². The van der Waals surface area contributed by atoms with Crippen molar-refractivity contribution in [3.05, 3.63) is 48.3 Å². The van der Waals surface area contributed by atoms with Gasteiger partial charge in [0.1, 0.15) is 0 Å². The third-order valence-electron chi connectivity index (χ3n) is 2.74. The van der Waals surface area contributed by atoms with Crippen LogP contribution in [-0.2, 0) is 4.74 Å². The Bertz CT molecular complexity index is 572. The van der Waals surface area contributed by atoms with Crippen molar-refractivity contribution in [2.24, 2.45) is 0 Å². The van der Waals surface area contributed by atoms with E-state index in [1.54, 1.807) is 37.7 Å². The standard InChI is InChI=1S/C15H17N3O2/c1-11(10-20-2)18-15(19)13-6-3-5-12(9-13)14-16-7-4-8-17-14/h3-9,11H,10H2,1-2H3,(H,18,19)/t11-/m1/s1. The molecule has 1 N–H and O–H groups in total. The highest BCUT2D eigenvalue weighted by molar-refractivity contribution is 5.95. The lowest BCUT2D eigenvalue weighted by atomic mass is 10.1. The van der Waals surface area contributed by atoms with E-state index in [0.29, 0.717) is 18.0 Å². The summed E-state index contributed by atoms with van der Waals surface area (Å²) in [5.41, 5.74) is 1.40. The van der Waals surface area contributed by atoms with Gasteiger partial charge in [-0.25, -0.2) is 9.97 Å². The smallest absolute Gasteiger partial charge is 0.251 e. The maximum Gasteiger partial charge on any atom is 0.251 e. The summed E-state index contributed by atoms with van der Waals surface area (Å²) in [6, 6.07) is 8.97. The molecule has 5 nitrogen and oxygen atoms in total. The maximum atomic E-state index is 12.1. The van der Waals surface area contributed by atoms with Crippen LogP contribution in [0.25, 0.3) is 11.4 Å². The Kier molecular flexibility index (Phi) is 4.79. The fraction of sp³-hybridized carbons (Fsp3) is 0.267. The molecule has 0 saturated heterocycles. The van der Waals surface area contributed by atoms with Crippen molar-refractivity contribution in [2.45, 2.75) is 13.0 Å². The molecule has 0 spiro atoms. The van der Waals surface area contributed by atoms with E-state index in [9.17, 15) is 4.79 Å². The van der Waals surface area contributed by atoms with E-state index in [1.165, 1.54) is 0 Å². The minimum absolute atomic E-state index is 0.0378. The average Bonchev–Trinajstić information content (AvgIpc) is 2.48. The largest absolute Gasteiger partial charge is 0.383 e. The number of rotatable bonds is 5. The molecule has 104 valence electrons. The van der Waals surface area contributed by atoms with Crippen LogP contribution in [-0.4, -0.2) is 35.6 Å². The molecule has 1 amide bonds. The minimum atomic E-state index is -0.132. The molecular weight excluding hydrogens is 254 g/mol. The van der Waals surface area contributed by atoms with Crippen LogP contribution in [0.3, 0.4) is 0 Å². The Balaban J connectivity index is 2.16. The van der Waals surface area contributed by atoms with Gasteiger partial charge in [0.25, 0.3) is 5.91 Å². The van der Waals surface area contributed by atoms with Gasteiger partial charge in [0.05, 0.1) is 6.61 Å². The second-order valence-corrected chi connectivity index (χ2v) is 4.48. The summed E-state index contributed by atoms with van der Waals surface area (Å²) in [4.78, 5) is 20.5. The number of aromatic nitrogens is 2. The Labute approximate surface area is 118 Å². The molecule has 2 aromatic rings. The number of hydrogen-bond donors (Lipinski definition) is 1. The first kappa shape index (κ1) is 14.1. The Hall–Kier alpha value is -2.27. The van der Waals surface area contributed by atoms with E-state index < -0.39 is 0 Å². The summed E-state index contributed by atoms with van der Waals surface area (Å²) >= 11 is 0. The second-order valence-electron chi connectivity index (χ2n) is 4.48. The number of methoxy groups -OCH3 is 1. The highest BCUT2D eigenvalue weighted by Gasteiger charge is 2.11. The van der Waals surface area contributed by atoms with E-state index in [0.717, 1.165) is 5.56 Å². The van der Waals surface area contributed by atoms with Crippen LogP contribution in [0.15, 0.2) is 42.7 Å². The van der Waals surface area contributed by atoms with Crippen LogP contribution in [0.2, 0.25) is 0 Å².